The molecule has 0 aliphatic rings. The number of rotatable bonds is 5. The first-order valence-electron chi connectivity index (χ1n) is 7.39. The van der Waals surface area contributed by atoms with Crippen molar-refractivity contribution in [3.05, 3.63) is 35.1 Å². The summed E-state index contributed by atoms with van der Waals surface area (Å²) in [4.78, 5) is 28.9. The van der Waals surface area contributed by atoms with Crippen LogP contribution in [-0.2, 0) is 20.8 Å². The second kappa shape index (κ2) is 8.19. The van der Waals surface area contributed by atoms with Gasteiger partial charge in [-0.1, -0.05) is 0 Å². The molecular weight excluding hydrogens is 341 g/mol. The third-order valence-corrected chi connectivity index (χ3v) is 3.09. The maximum atomic E-state index is 13.8. The number of hydrogen-bond donors (Lipinski definition) is 1. The van der Waals surface area contributed by atoms with Crippen LogP contribution in [0.4, 0.5) is 18.0 Å². The minimum atomic E-state index is -1.35. The van der Waals surface area contributed by atoms with Crippen LogP contribution in [-0.4, -0.2) is 42.9 Å². The molecule has 0 spiro atoms. The number of alkyl carbamates (subject to hydrolysis) is 1. The maximum Gasteiger partial charge on any atom is 0.408 e. The van der Waals surface area contributed by atoms with Gasteiger partial charge in [0.15, 0.2) is 11.6 Å². The average molecular weight is 362 g/mol. The van der Waals surface area contributed by atoms with Crippen molar-refractivity contribution in [2.45, 2.75) is 38.8 Å². The van der Waals surface area contributed by atoms with Gasteiger partial charge in [-0.05, 0) is 32.4 Å². The highest BCUT2D eigenvalue weighted by atomic mass is 19.2. The van der Waals surface area contributed by atoms with E-state index in [2.05, 4.69) is 5.32 Å². The lowest BCUT2D eigenvalue weighted by atomic mass is 10.0. The van der Waals surface area contributed by atoms with Crippen LogP contribution in [0, 0.1) is 17.5 Å². The molecule has 1 N–H and O–H groups in total. The van der Waals surface area contributed by atoms with Gasteiger partial charge in [-0.2, -0.15) is 0 Å². The molecule has 1 rings (SSSR count). The van der Waals surface area contributed by atoms with E-state index in [0.717, 1.165) is 5.06 Å². The van der Waals surface area contributed by atoms with Crippen LogP contribution in [0.2, 0.25) is 0 Å². The monoisotopic (exact) mass is 362 g/mol. The van der Waals surface area contributed by atoms with E-state index in [-0.39, 0.29) is 5.56 Å². The molecule has 140 valence electrons. The number of hydrogen-bond acceptors (Lipinski definition) is 4. The van der Waals surface area contributed by atoms with Gasteiger partial charge in [-0.15, -0.1) is 0 Å². The fourth-order valence-electron chi connectivity index (χ4n) is 1.90. The van der Waals surface area contributed by atoms with Crippen molar-refractivity contribution < 1.29 is 32.3 Å². The molecule has 9 heteroatoms. The van der Waals surface area contributed by atoms with E-state index in [1.807, 2.05) is 0 Å². The lowest BCUT2D eigenvalue weighted by molar-refractivity contribution is -0.171. The predicted octanol–water partition coefficient (Wildman–Crippen LogP) is 2.56. The molecular formula is C16H21F3N2O4. The number of halogens is 3. The number of ether oxygens (including phenoxy) is 1. The normalized spacial score (nSPS) is 12.5. The standard InChI is InChI=1S/C16H21F3N2O4/c1-16(2,3)25-15(23)20-13(14(22)21(4)24-5)7-9-6-11(18)12(19)8-10(9)17/h6,8,13H,7H2,1-5H3,(H,20,23). The van der Waals surface area contributed by atoms with Gasteiger partial charge >= 0.3 is 6.09 Å². The maximum absolute atomic E-state index is 13.8. The summed E-state index contributed by atoms with van der Waals surface area (Å²) in [7, 11) is 2.51. The quantitative estimate of drug-likeness (QED) is 0.646. The summed E-state index contributed by atoms with van der Waals surface area (Å²) in [6.07, 6.45) is -1.34. The van der Waals surface area contributed by atoms with Gasteiger partial charge in [0.25, 0.3) is 5.91 Å². The lowest BCUT2D eigenvalue weighted by Gasteiger charge is -2.25. The largest absolute Gasteiger partial charge is 0.444 e. The third kappa shape index (κ3) is 6.26. The first-order chi connectivity index (χ1) is 11.4. The number of nitrogens with zero attached hydrogens (tertiary/aromatic N) is 1. The topological polar surface area (TPSA) is 67.9 Å². The first-order valence-corrected chi connectivity index (χ1v) is 7.39. The predicted molar refractivity (Wildman–Crippen MR) is 83.0 cm³/mol. The number of carbonyl (C=O) groups excluding carboxylic acids is 2. The van der Waals surface area contributed by atoms with Crippen LogP contribution in [0.3, 0.4) is 0 Å². The number of hydroxylamine groups is 2. The summed E-state index contributed by atoms with van der Waals surface area (Å²) in [5, 5.41) is 3.10. The van der Waals surface area contributed by atoms with Crippen molar-refractivity contribution in [3.8, 4) is 0 Å². The molecule has 1 atom stereocenters. The summed E-state index contributed by atoms with van der Waals surface area (Å²) in [6, 6.07) is -0.298. The van der Waals surface area contributed by atoms with Gasteiger partial charge < -0.3 is 10.1 Å². The summed E-state index contributed by atoms with van der Waals surface area (Å²) in [6.45, 7) is 4.87. The van der Waals surface area contributed by atoms with E-state index >= 15 is 0 Å². The molecule has 0 aliphatic carbocycles. The molecule has 0 fully saturated rings. The van der Waals surface area contributed by atoms with Crippen LogP contribution in [0.5, 0.6) is 0 Å². The van der Waals surface area contributed by atoms with Crippen molar-refractivity contribution >= 4 is 12.0 Å². The highest BCUT2D eigenvalue weighted by Gasteiger charge is 2.28. The zero-order valence-corrected chi connectivity index (χ0v) is 14.7. The molecule has 1 unspecified atom stereocenters. The van der Waals surface area contributed by atoms with Crippen molar-refractivity contribution in [1.29, 1.82) is 0 Å². The molecule has 0 bridgehead atoms. The average Bonchev–Trinajstić information content (AvgIpc) is 2.48. The molecule has 1 aromatic rings. The fourth-order valence-corrected chi connectivity index (χ4v) is 1.90. The Morgan fingerprint density at radius 3 is 2.24 bits per heavy atom. The molecule has 25 heavy (non-hydrogen) atoms. The Balaban J connectivity index is 3.05. The Morgan fingerprint density at radius 2 is 1.72 bits per heavy atom. The first kappa shape index (κ1) is 20.8. The van der Waals surface area contributed by atoms with Crippen molar-refractivity contribution in [2.24, 2.45) is 0 Å². The van der Waals surface area contributed by atoms with Crippen molar-refractivity contribution in [1.82, 2.24) is 10.4 Å². The van der Waals surface area contributed by atoms with Crippen molar-refractivity contribution in [3.63, 3.8) is 0 Å². The lowest BCUT2D eigenvalue weighted by Crippen LogP contribution is -2.49. The van der Waals surface area contributed by atoms with Crippen LogP contribution < -0.4 is 5.32 Å². The third-order valence-electron chi connectivity index (χ3n) is 3.09. The molecule has 2 amide bonds. The summed E-state index contributed by atoms with van der Waals surface area (Å²) < 4.78 is 45.3. The van der Waals surface area contributed by atoms with Gasteiger partial charge in [0.05, 0.1) is 7.11 Å². The Kier molecular flexibility index (Phi) is 6.80. The number of carbonyl (C=O) groups is 2. The second-order valence-electron chi connectivity index (χ2n) is 6.28. The number of likely N-dealkylation sites (N-methyl/N-ethyl adjacent to an activating group) is 1. The molecule has 6 nitrogen and oxygen atoms in total. The van der Waals surface area contributed by atoms with E-state index in [9.17, 15) is 22.8 Å². The van der Waals surface area contributed by atoms with Crippen LogP contribution in [0.15, 0.2) is 12.1 Å². The van der Waals surface area contributed by atoms with Gasteiger partial charge in [0.1, 0.15) is 17.5 Å². The van der Waals surface area contributed by atoms with Crippen LogP contribution >= 0.6 is 0 Å². The Hall–Kier alpha value is -2.29. The summed E-state index contributed by atoms with van der Waals surface area (Å²) >= 11 is 0. The van der Waals surface area contributed by atoms with Gasteiger partial charge in [0.2, 0.25) is 0 Å². The minimum Gasteiger partial charge on any atom is -0.444 e. The van der Waals surface area contributed by atoms with E-state index in [1.54, 1.807) is 20.8 Å². The van der Waals surface area contributed by atoms with E-state index in [1.165, 1.54) is 14.2 Å². The highest BCUT2D eigenvalue weighted by molar-refractivity contribution is 5.85. The summed E-state index contributed by atoms with van der Waals surface area (Å²) in [5.41, 5.74) is -1.10. The van der Waals surface area contributed by atoms with E-state index in [0.29, 0.717) is 12.1 Å². The molecule has 0 radical (unpaired) electrons. The molecule has 0 aromatic heterocycles. The van der Waals surface area contributed by atoms with Gasteiger partial charge in [0, 0.05) is 19.5 Å². The molecule has 0 saturated carbocycles. The minimum absolute atomic E-state index is 0.280. The zero-order chi connectivity index (χ0) is 19.4. The molecule has 1 aromatic carbocycles. The number of amides is 2. The fraction of sp³-hybridized carbons (Fsp3) is 0.500. The number of benzene rings is 1. The van der Waals surface area contributed by atoms with Gasteiger partial charge in [-0.25, -0.2) is 23.0 Å². The number of nitrogens with one attached hydrogen (secondary N) is 1. The van der Waals surface area contributed by atoms with Crippen LogP contribution in [0.1, 0.15) is 26.3 Å². The zero-order valence-electron chi connectivity index (χ0n) is 14.7. The molecule has 0 saturated heterocycles. The van der Waals surface area contributed by atoms with E-state index < -0.39 is 47.5 Å². The van der Waals surface area contributed by atoms with E-state index in [4.69, 9.17) is 9.57 Å². The Morgan fingerprint density at radius 1 is 1.16 bits per heavy atom. The van der Waals surface area contributed by atoms with Crippen LogP contribution in [0.25, 0.3) is 0 Å². The molecule has 0 aliphatic heterocycles. The highest BCUT2D eigenvalue weighted by Crippen LogP contribution is 2.16. The Bertz CT molecular complexity index is 647. The smallest absolute Gasteiger partial charge is 0.408 e. The SMILES string of the molecule is CON(C)C(=O)C(Cc1cc(F)c(F)cc1F)NC(=O)OC(C)(C)C. The Labute approximate surface area is 143 Å². The second-order valence-corrected chi connectivity index (χ2v) is 6.28. The summed E-state index contributed by atoms with van der Waals surface area (Å²) in [5.74, 6) is -4.38. The molecule has 0 heterocycles. The van der Waals surface area contributed by atoms with Gasteiger partial charge in [-0.3, -0.25) is 9.63 Å². The van der Waals surface area contributed by atoms with Crippen molar-refractivity contribution in [2.75, 3.05) is 14.2 Å².